The number of nitrogens with one attached hydrogen (secondary N) is 1. The zero-order valence-electron chi connectivity index (χ0n) is 12.7. The van der Waals surface area contributed by atoms with Crippen LogP contribution in [0.1, 0.15) is 52.8 Å². The first-order valence-corrected chi connectivity index (χ1v) is 6.77. The Labute approximate surface area is 114 Å². The minimum Gasteiger partial charge on any atom is -0.358 e. The van der Waals surface area contributed by atoms with Crippen molar-refractivity contribution in [2.75, 3.05) is 0 Å². The van der Waals surface area contributed by atoms with Crippen LogP contribution in [0.5, 0.6) is 0 Å². The van der Waals surface area contributed by atoms with Crippen molar-refractivity contribution in [3.8, 4) is 0 Å². The van der Waals surface area contributed by atoms with E-state index in [1.807, 2.05) is 12.1 Å². The van der Waals surface area contributed by atoms with Crippen LogP contribution in [0.2, 0.25) is 0 Å². The van der Waals surface area contributed by atoms with Gasteiger partial charge in [-0.25, -0.2) is 0 Å². The van der Waals surface area contributed by atoms with Crippen LogP contribution in [0, 0.1) is 0 Å². The Morgan fingerprint density at radius 1 is 0.895 bits per heavy atom. The molecule has 2 heteroatoms. The van der Waals surface area contributed by atoms with Crippen LogP contribution in [-0.4, -0.2) is 4.98 Å². The molecule has 0 saturated heterocycles. The molecule has 0 unspecified atom stereocenters. The second kappa shape index (κ2) is 4.22. The fourth-order valence-electron chi connectivity index (χ4n) is 2.12. The minimum absolute atomic E-state index is 0.0456. The molecule has 0 atom stereocenters. The average Bonchev–Trinajstić information content (AvgIpc) is 2.26. The lowest BCUT2D eigenvalue weighted by molar-refractivity contribution is 0.570. The van der Waals surface area contributed by atoms with E-state index in [0.717, 1.165) is 16.6 Å². The van der Waals surface area contributed by atoms with E-state index < -0.39 is 0 Å². The highest BCUT2D eigenvalue weighted by molar-refractivity contribution is 5.79. The zero-order valence-corrected chi connectivity index (χ0v) is 12.7. The molecule has 0 amide bonds. The molecule has 19 heavy (non-hydrogen) atoms. The number of fused-ring (bicyclic) bond motifs is 1. The molecule has 1 aromatic carbocycles. The van der Waals surface area contributed by atoms with Gasteiger partial charge in [-0.3, -0.25) is 4.79 Å². The molecule has 1 N–H and O–H groups in total. The van der Waals surface area contributed by atoms with Gasteiger partial charge < -0.3 is 4.98 Å². The normalized spacial score (nSPS) is 12.9. The van der Waals surface area contributed by atoms with Gasteiger partial charge in [0.15, 0.2) is 5.43 Å². The van der Waals surface area contributed by atoms with Gasteiger partial charge in [0.05, 0.1) is 0 Å². The molecule has 0 bridgehead atoms. The van der Waals surface area contributed by atoms with Gasteiger partial charge in [-0.05, 0) is 23.1 Å². The topological polar surface area (TPSA) is 32.9 Å². The first kappa shape index (κ1) is 13.9. The molecule has 0 aliphatic carbocycles. The summed E-state index contributed by atoms with van der Waals surface area (Å²) in [5.74, 6) is 0. The fourth-order valence-corrected chi connectivity index (χ4v) is 2.12. The fraction of sp³-hybridized carbons (Fsp3) is 0.471. The third-order valence-corrected chi connectivity index (χ3v) is 3.50. The van der Waals surface area contributed by atoms with Gasteiger partial charge in [-0.15, -0.1) is 0 Å². The summed E-state index contributed by atoms with van der Waals surface area (Å²) in [7, 11) is 0. The zero-order chi connectivity index (χ0) is 14.4. The summed E-state index contributed by atoms with van der Waals surface area (Å²) in [6.45, 7) is 12.8. The van der Waals surface area contributed by atoms with Gasteiger partial charge in [0, 0.05) is 28.1 Å². The maximum absolute atomic E-state index is 12.3. The summed E-state index contributed by atoms with van der Waals surface area (Å²) in [5.41, 5.74) is 3.21. The highest BCUT2D eigenvalue weighted by Gasteiger charge is 2.18. The molecule has 0 radical (unpaired) electrons. The Hall–Kier alpha value is -1.57. The molecule has 2 aromatic rings. The minimum atomic E-state index is -0.0456. The van der Waals surface area contributed by atoms with E-state index in [1.54, 1.807) is 6.07 Å². The van der Waals surface area contributed by atoms with Crippen molar-refractivity contribution in [1.29, 1.82) is 0 Å². The molecule has 1 heterocycles. The number of aromatic nitrogens is 1. The summed E-state index contributed by atoms with van der Waals surface area (Å²) >= 11 is 0. The van der Waals surface area contributed by atoms with E-state index in [2.05, 4.69) is 52.6 Å². The quantitative estimate of drug-likeness (QED) is 0.756. The molecule has 1 aromatic heterocycles. The molecule has 0 spiro atoms. The average molecular weight is 257 g/mol. The first-order chi connectivity index (χ1) is 8.59. The van der Waals surface area contributed by atoms with Gasteiger partial charge in [-0.1, -0.05) is 47.6 Å². The predicted octanol–water partition coefficient (Wildman–Crippen LogP) is 4.12. The van der Waals surface area contributed by atoms with E-state index in [9.17, 15) is 4.79 Å². The maximum Gasteiger partial charge on any atom is 0.189 e. The number of rotatable bonds is 0. The monoisotopic (exact) mass is 257 g/mol. The van der Waals surface area contributed by atoms with Crippen LogP contribution in [0.15, 0.2) is 29.1 Å². The summed E-state index contributed by atoms with van der Waals surface area (Å²) in [5, 5.41) is 0.778. The molecule has 0 fully saturated rings. The van der Waals surface area contributed by atoms with Crippen LogP contribution < -0.4 is 5.43 Å². The van der Waals surface area contributed by atoms with E-state index in [0.29, 0.717) is 0 Å². The van der Waals surface area contributed by atoms with Crippen LogP contribution in [-0.2, 0) is 10.8 Å². The Bertz CT molecular complexity index is 666. The Balaban J connectivity index is 2.71. The van der Waals surface area contributed by atoms with Crippen molar-refractivity contribution < 1.29 is 0 Å². The predicted molar refractivity (Wildman–Crippen MR) is 82.0 cm³/mol. The van der Waals surface area contributed by atoms with Crippen LogP contribution in [0.3, 0.4) is 0 Å². The molecule has 2 rings (SSSR count). The molecule has 102 valence electrons. The first-order valence-electron chi connectivity index (χ1n) is 6.77. The van der Waals surface area contributed by atoms with Crippen molar-refractivity contribution in [3.05, 3.63) is 45.7 Å². The third kappa shape index (κ3) is 2.73. The maximum atomic E-state index is 12.3. The van der Waals surface area contributed by atoms with Gasteiger partial charge in [0.1, 0.15) is 0 Å². The molecule has 0 aliphatic heterocycles. The van der Waals surface area contributed by atoms with Gasteiger partial charge >= 0.3 is 0 Å². The van der Waals surface area contributed by atoms with Crippen LogP contribution in [0.25, 0.3) is 10.9 Å². The summed E-state index contributed by atoms with van der Waals surface area (Å²) < 4.78 is 0. The lowest BCUT2D eigenvalue weighted by Gasteiger charge is -2.21. The molecular formula is C17H23NO. The number of pyridine rings is 1. The number of aromatic amines is 1. The smallest absolute Gasteiger partial charge is 0.189 e. The number of benzene rings is 1. The lowest BCUT2D eigenvalue weighted by atomic mass is 9.86. The molecular weight excluding hydrogens is 234 g/mol. The largest absolute Gasteiger partial charge is 0.358 e. The summed E-state index contributed by atoms with van der Waals surface area (Å²) in [6.07, 6.45) is 0. The standard InChI is InChI=1S/C17H23NO/c1-16(2,3)11-7-8-13-12(9-11)14(19)10-15(18-13)17(4,5)6/h7-10H,1-6H3,(H,18,19). The Morgan fingerprint density at radius 3 is 2.05 bits per heavy atom. The highest BCUT2D eigenvalue weighted by Crippen LogP contribution is 2.26. The Kier molecular flexibility index (Phi) is 3.08. The number of hydrogen-bond donors (Lipinski definition) is 1. The second-order valence-corrected chi connectivity index (χ2v) is 7.31. The van der Waals surface area contributed by atoms with Crippen molar-refractivity contribution >= 4 is 10.9 Å². The van der Waals surface area contributed by atoms with Gasteiger partial charge in [-0.2, -0.15) is 0 Å². The molecule has 0 aliphatic rings. The SMILES string of the molecule is CC(C)(C)c1ccc2[nH]c(C(C)(C)C)cc(=O)c2c1. The van der Waals surface area contributed by atoms with Crippen LogP contribution >= 0.6 is 0 Å². The highest BCUT2D eigenvalue weighted by atomic mass is 16.1. The van der Waals surface area contributed by atoms with E-state index in [4.69, 9.17) is 0 Å². The van der Waals surface area contributed by atoms with Crippen molar-refractivity contribution in [1.82, 2.24) is 4.98 Å². The van der Waals surface area contributed by atoms with E-state index >= 15 is 0 Å². The van der Waals surface area contributed by atoms with E-state index in [1.165, 1.54) is 5.56 Å². The Morgan fingerprint density at radius 2 is 1.53 bits per heavy atom. The third-order valence-electron chi connectivity index (χ3n) is 3.50. The molecule has 0 saturated carbocycles. The van der Waals surface area contributed by atoms with Crippen molar-refractivity contribution in [2.45, 2.75) is 52.4 Å². The summed E-state index contributed by atoms with van der Waals surface area (Å²) in [6, 6.07) is 7.87. The van der Waals surface area contributed by atoms with Crippen molar-refractivity contribution in [2.24, 2.45) is 0 Å². The lowest BCUT2D eigenvalue weighted by Crippen LogP contribution is -2.18. The van der Waals surface area contributed by atoms with Gasteiger partial charge in [0.25, 0.3) is 0 Å². The van der Waals surface area contributed by atoms with Crippen LogP contribution in [0.4, 0.5) is 0 Å². The van der Waals surface area contributed by atoms with E-state index in [-0.39, 0.29) is 16.3 Å². The van der Waals surface area contributed by atoms with Crippen molar-refractivity contribution in [3.63, 3.8) is 0 Å². The number of hydrogen-bond acceptors (Lipinski definition) is 1. The summed E-state index contributed by atoms with van der Waals surface area (Å²) in [4.78, 5) is 15.7. The second-order valence-electron chi connectivity index (χ2n) is 7.31. The van der Waals surface area contributed by atoms with Gasteiger partial charge in [0.2, 0.25) is 0 Å². The number of H-pyrrole nitrogens is 1. The molecule has 2 nitrogen and oxygen atoms in total.